The number of carbonyl (C=O) groups excluding carboxylic acids is 8. The van der Waals surface area contributed by atoms with Crippen LogP contribution in [0, 0.1) is 0 Å². The Labute approximate surface area is 396 Å². The second-order valence-electron chi connectivity index (χ2n) is 21.1. The van der Waals surface area contributed by atoms with E-state index in [-0.39, 0.29) is 70.7 Å². The van der Waals surface area contributed by atoms with E-state index in [2.05, 4.69) is 5.32 Å². The van der Waals surface area contributed by atoms with Crippen LogP contribution in [0.15, 0.2) is 24.3 Å². The number of imide groups is 1. The Morgan fingerprint density at radius 3 is 1.39 bits per heavy atom. The van der Waals surface area contributed by atoms with Crippen molar-refractivity contribution in [3.63, 3.8) is 0 Å². The van der Waals surface area contributed by atoms with Gasteiger partial charge in [-0.1, -0.05) is 12.1 Å². The number of hydroxylamine groups is 2. The van der Waals surface area contributed by atoms with Gasteiger partial charge < -0.3 is 29.1 Å². The minimum absolute atomic E-state index is 0.0153. The monoisotopic (exact) mass is 945 g/mol. The molecule has 0 saturated carbocycles. The number of rotatable bonds is 16. The molecule has 1 atom stereocenters. The van der Waals surface area contributed by atoms with Crippen molar-refractivity contribution in [2.75, 3.05) is 77.3 Å². The predicted molar refractivity (Wildman–Crippen MR) is 248 cm³/mol. The molecule has 1 unspecified atom stereocenters. The Balaban J connectivity index is 1.94. The summed E-state index contributed by atoms with van der Waals surface area (Å²) in [6.45, 7) is 23.7. The zero-order valence-corrected chi connectivity index (χ0v) is 42.0. The number of carbonyl (C=O) groups is 8. The number of ether oxygens (including phenoxy) is 4. The number of esters is 4. The van der Waals surface area contributed by atoms with Crippen molar-refractivity contribution in [3.05, 3.63) is 29.8 Å². The van der Waals surface area contributed by atoms with Crippen LogP contribution in [0.5, 0.6) is 0 Å². The summed E-state index contributed by atoms with van der Waals surface area (Å²) in [7, 11) is 0. The Morgan fingerprint density at radius 1 is 0.537 bits per heavy atom. The molecular weight excluding hydrogens is 869 g/mol. The van der Waals surface area contributed by atoms with Gasteiger partial charge in [0.1, 0.15) is 22.4 Å². The summed E-state index contributed by atoms with van der Waals surface area (Å²) < 4.78 is 23.0. The zero-order chi connectivity index (χ0) is 50.3. The fourth-order valence-electron chi connectivity index (χ4n) is 7.24. The maximum Gasteiger partial charge on any atom is 0.333 e. The van der Waals surface area contributed by atoms with Crippen molar-refractivity contribution in [1.29, 1.82) is 0 Å². The number of anilines is 1. The van der Waals surface area contributed by atoms with Gasteiger partial charge in [-0.2, -0.15) is 0 Å². The van der Waals surface area contributed by atoms with Crippen LogP contribution >= 0.6 is 0 Å². The van der Waals surface area contributed by atoms with E-state index in [0.29, 0.717) is 56.4 Å². The molecule has 376 valence electrons. The molecule has 2 heterocycles. The first kappa shape index (κ1) is 56.3. The molecule has 0 aromatic heterocycles. The summed E-state index contributed by atoms with van der Waals surface area (Å²) >= 11 is 0. The molecule has 3 amide bonds. The fraction of sp³-hybridized carbons (Fsp3) is 0.708. The largest absolute Gasteiger partial charge is 0.459 e. The molecule has 0 aliphatic carbocycles. The highest BCUT2D eigenvalue weighted by atomic mass is 16.7. The lowest BCUT2D eigenvalue weighted by atomic mass is 10.0. The molecule has 0 spiro atoms. The Bertz CT molecular complexity index is 1860. The summed E-state index contributed by atoms with van der Waals surface area (Å²) in [5.74, 6) is -4.01. The number of hydrogen-bond acceptors (Lipinski definition) is 17. The quantitative estimate of drug-likeness (QED) is 0.142. The van der Waals surface area contributed by atoms with E-state index in [1.54, 1.807) is 95.2 Å². The van der Waals surface area contributed by atoms with Gasteiger partial charge in [0.05, 0.1) is 26.2 Å². The third kappa shape index (κ3) is 23.5. The Hall–Kier alpha value is -4.98. The molecule has 1 aromatic carbocycles. The molecule has 2 saturated heterocycles. The highest BCUT2D eigenvalue weighted by Gasteiger charge is 2.34. The third-order valence-corrected chi connectivity index (χ3v) is 9.92. The van der Waals surface area contributed by atoms with Gasteiger partial charge in [-0.25, -0.2) is 4.79 Å². The van der Waals surface area contributed by atoms with E-state index in [4.69, 9.17) is 23.8 Å². The normalized spacial score (nSPS) is 18.1. The van der Waals surface area contributed by atoms with Crippen LogP contribution in [0.3, 0.4) is 0 Å². The number of nitrogens with one attached hydrogen (secondary N) is 1. The van der Waals surface area contributed by atoms with Gasteiger partial charge in [0.25, 0.3) is 11.8 Å². The molecule has 0 radical (unpaired) electrons. The Kier molecular flexibility index (Phi) is 20.9. The number of hydrogen-bond donors (Lipinski definition) is 1. The van der Waals surface area contributed by atoms with Gasteiger partial charge in [0.2, 0.25) is 5.91 Å². The average Bonchev–Trinajstić information content (AvgIpc) is 3.46. The van der Waals surface area contributed by atoms with Gasteiger partial charge in [-0.05, 0) is 114 Å². The molecule has 0 bridgehead atoms. The molecule has 2 aliphatic heterocycles. The lowest BCUT2D eigenvalue weighted by Crippen LogP contribution is -2.54. The van der Waals surface area contributed by atoms with Crippen LogP contribution in [-0.2, 0) is 68.6 Å². The fourth-order valence-corrected chi connectivity index (χ4v) is 7.24. The molecule has 2 fully saturated rings. The van der Waals surface area contributed by atoms with Gasteiger partial charge >= 0.3 is 29.8 Å². The zero-order valence-electron chi connectivity index (χ0n) is 42.0. The molecule has 19 heteroatoms. The second-order valence-corrected chi connectivity index (χ2v) is 21.1. The molecule has 3 rings (SSSR count). The second kappa shape index (κ2) is 24.9. The maximum atomic E-state index is 13.7. The predicted octanol–water partition coefficient (Wildman–Crippen LogP) is 3.90. The number of nitrogens with zero attached hydrogens (tertiary/aromatic N) is 5. The minimum atomic E-state index is -0.785. The molecule has 2 aliphatic rings. The highest BCUT2D eigenvalue weighted by molar-refractivity contribution is 6.01. The summed E-state index contributed by atoms with van der Waals surface area (Å²) in [5, 5.41) is 3.30. The van der Waals surface area contributed by atoms with Crippen molar-refractivity contribution in [2.24, 2.45) is 0 Å². The van der Waals surface area contributed by atoms with Crippen molar-refractivity contribution in [3.8, 4) is 0 Å². The lowest BCUT2D eigenvalue weighted by Gasteiger charge is -2.39. The first-order valence-electron chi connectivity index (χ1n) is 23.2. The first-order valence-corrected chi connectivity index (χ1v) is 23.2. The van der Waals surface area contributed by atoms with Crippen LogP contribution < -0.4 is 5.32 Å². The SMILES string of the molecule is CC(C)(C)OC(=O)CN1CCN(CC(=O)OC(C)(C)C)CCN(CC(=O)OC(C)(C)C)C(Cc2ccc(NC(=O)CCCC(=O)ON3C(=O)CCC3=O)cc2)CN(CC(=O)OC(C)(C)C)CC1. The standard InChI is InChI=1S/C48H76N6O13/c1-45(2,3)63-41(59)30-50-22-23-51(31-42(60)64-46(4,5)6)26-27-53(33-44(62)66-48(10,11)12)36(29-52(25-24-50)32-43(61)65-47(7,8)9)28-34-16-18-35(19-17-34)49-37(55)14-13-15-40(58)67-54-38(56)20-21-39(54)57/h16-19,36H,13-15,20-33H2,1-12H3,(H,49,55). The smallest absolute Gasteiger partial charge is 0.333 e. The molecule has 19 nitrogen and oxygen atoms in total. The van der Waals surface area contributed by atoms with Crippen LogP contribution in [-0.4, -0.2) is 173 Å². The molecule has 67 heavy (non-hydrogen) atoms. The van der Waals surface area contributed by atoms with E-state index < -0.39 is 70.1 Å². The van der Waals surface area contributed by atoms with E-state index in [0.717, 1.165) is 5.56 Å². The van der Waals surface area contributed by atoms with E-state index in [1.807, 2.05) is 31.7 Å². The molecule has 1 N–H and O–H groups in total. The van der Waals surface area contributed by atoms with Crippen LogP contribution in [0.25, 0.3) is 0 Å². The topological polar surface area (TPSA) is 211 Å². The van der Waals surface area contributed by atoms with Gasteiger partial charge in [0, 0.05) is 83.2 Å². The van der Waals surface area contributed by atoms with Crippen molar-refractivity contribution in [1.82, 2.24) is 24.7 Å². The summed E-state index contributed by atoms with van der Waals surface area (Å²) in [5.41, 5.74) is -1.57. The lowest BCUT2D eigenvalue weighted by molar-refractivity contribution is -0.197. The van der Waals surface area contributed by atoms with Crippen LogP contribution in [0.2, 0.25) is 0 Å². The minimum Gasteiger partial charge on any atom is -0.459 e. The van der Waals surface area contributed by atoms with Crippen LogP contribution in [0.4, 0.5) is 5.69 Å². The number of benzene rings is 1. The van der Waals surface area contributed by atoms with Crippen molar-refractivity contribution >= 4 is 53.3 Å². The summed E-state index contributed by atoms with van der Waals surface area (Å²) in [6, 6.07) is 6.79. The van der Waals surface area contributed by atoms with Crippen molar-refractivity contribution < 1.29 is 62.1 Å². The van der Waals surface area contributed by atoms with Crippen molar-refractivity contribution in [2.45, 2.75) is 150 Å². The third-order valence-electron chi connectivity index (χ3n) is 9.92. The van der Waals surface area contributed by atoms with E-state index >= 15 is 0 Å². The Morgan fingerprint density at radius 2 is 0.940 bits per heavy atom. The summed E-state index contributed by atoms with van der Waals surface area (Å²) in [4.78, 5) is 115. The average molecular weight is 945 g/mol. The van der Waals surface area contributed by atoms with Gasteiger partial charge in [-0.3, -0.25) is 53.2 Å². The van der Waals surface area contributed by atoms with E-state index in [9.17, 15) is 38.4 Å². The maximum absolute atomic E-state index is 13.7. The highest BCUT2D eigenvalue weighted by Crippen LogP contribution is 2.20. The van der Waals surface area contributed by atoms with Gasteiger partial charge in [0.15, 0.2) is 0 Å². The summed E-state index contributed by atoms with van der Waals surface area (Å²) in [6.07, 6.45) is 0.294. The van der Waals surface area contributed by atoms with E-state index in [1.165, 1.54) is 0 Å². The van der Waals surface area contributed by atoms with Gasteiger partial charge in [-0.15, -0.1) is 5.06 Å². The van der Waals surface area contributed by atoms with Crippen LogP contribution in [0.1, 0.15) is 121 Å². The molecular formula is C48H76N6O13. The first-order chi connectivity index (χ1) is 30.9. The molecule has 1 aromatic rings. The number of amides is 3.